The Morgan fingerprint density at radius 1 is 1.21 bits per heavy atom. The fourth-order valence-corrected chi connectivity index (χ4v) is 4.09. The van der Waals surface area contributed by atoms with Crippen molar-refractivity contribution in [2.45, 2.75) is 62.3 Å². The Morgan fingerprint density at radius 2 is 2.00 bits per heavy atom. The van der Waals surface area contributed by atoms with E-state index >= 15 is 0 Å². The maximum absolute atomic E-state index is 12.0. The zero-order valence-electron chi connectivity index (χ0n) is 11.7. The van der Waals surface area contributed by atoms with Gasteiger partial charge >= 0.3 is 6.03 Å². The first-order valence-electron chi connectivity index (χ1n) is 7.43. The zero-order chi connectivity index (χ0) is 13.7. The van der Waals surface area contributed by atoms with Crippen molar-refractivity contribution in [3.8, 4) is 0 Å². The molecule has 5 heteroatoms. The smallest absolute Gasteiger partial charge is 0.315 e. The number of hydrogen-bond acceptors (Lipinski definition) is 3. The first-order valence-corrected chi connectivity index (χ1v) is 8.72. The van der Waals surface area contributed by atoms with Crippen molar-refractivity contribution in [1.29, 1.82) is 0 Å². The molecule has 3 N–H and O–H groups in total. The molecule has 0 radical (unpaired) electrons. The van der Waals surface area contributed by atoms with Crippen LogP contribution in [0.4, 0.5) is 4.79 Å². The molecule has 4 atom stereocenters. The van der Waals surface area contributed by atoms with Crippen LogP contribution in [0, 0.1) is 5.92 Å². The van der Waals surface area contributed by atoms with Crippen molar-refractivity contribution in [3.05, 3.63) is 0 Å². The van der Waals surface area contributed by atoms with Crippen LogP contribution in [0.2, 0.25) is 0 Å². The van der Waals surface area contributed by atoms with Gasteiger partial charge in [0.25, 0.3) is 0 Å². The van der Waals surface area contributed by atoms with Crippen LogP contribution >= 0.6 is 11.8 Å². The third kappa shape index (κ3) is 4.28. The lowest BCUT2D eigenvalue weighted by Gasteiger charge is -2.31. The van der Waals surface area contributed by atoms with Gasteiger partial charge in [-0.05, 0) is 38.4 Å². The van der Waals surface area contributed by atoms with Crippen LogP contribution in [0.5, 0.6) is 0 Å². The normalized spacial score (nSPS) is 35.1. The van der Waals surface area contributed by atoms with Crippen LogP contribution in [0.1, 0.15) is 44.9 Å². The molecule has 2 aliphatic rings. The minimum absolute atomic E-state index is 0.0443. The van der Waals surface area contributed by atoms with E-state index < -0.39 is 0 Å². The second-order valence-corrected chi connectivity index (χ2v) is 6.96. The van der Waals surface area contributed by atoms with Crippen LogP contribution in [-0.2, 0) is 0 Å². The molecule has 4 unspecified atom stereocenters. The van der Waals surface area contributed by atoms with Gasteiger partial charge in [0.2, 0.25) is 0 Å². The second-order valence-electron chi connectivity index (χ2n) is 5.82. The molecule has 2 saturated carbocycles. The Hall–Kier alpha value is -0.420. The lowest BCUT2D eigenvalue weighted by Crippen LogP contribution is -2.49. The Morgan fingerprint density at radius 3 is 2.68 bits per heavy atom. The number of carbonyl (C=O) groups is 1. The van der Waals surface area contributed by atoms with E-state index in [-0.39, 0.29) is 24.6 Å². The van der Waals surface area contributed by atoms with E-state index in [1.165, 1.54) is 12.8 Å². The van der Waals surface area contributed by atoms with E-state index in [0.717, 1.165) is 32.1 Å². The second kappa shape index (κ2) is 7.39. The summed E-state index contributed by atoms with van der Waals surface area (Å²) in [6.45, 7) is 0.183. The van der Waals surface area contributed by atoms with Crippen molar-refractivity contribution < 1.29 is 9.90 Å². The zero-order valence-corrected chi connectivity index (χ0v) is 12.5. The van der Waals surface area contributed by atoms with Crippen LogP contribution in [0.3, 0.4) is 0 Å². The highest BCUT2D eigenvalue weighted by Crippen LogP contribution is 2.28. The van der Waals surface area contributed by atoms with Gasteiger partial charge in [-0.25, -0.2) is 4.79 Å². The molecule has 0 aromatic carbocycles. The summed E-state index contributed by atoms with van der Waals surface area (Å²) in [7, 11) is 0. The number of amides is 2. The van der Waals surface area contributed by atoms with Crippen molar-refractivity contribution >= 4 is 17.8 Å². The first-order chi connectivity index (χ1) is 9.22. The molecule has 0 aliphatic heterocycles. The highest BCUT2D eigenvalue weighted by molar-refractivity contribution is 7.99. The summed E-state index contributed by atoms with van der Waals surface area (Å²) in [6, 6.07) is 0.433. The lowest BCUT2D eigenvalue weighted by molar-refractivity contribution is 0.153. The third-order valence-electron chi connectivity index (χ3n) is 4.51. The molecule has 110 valence electrons. The molecule has 2 rings (SSSR count). The monoisotopic (exact) mass is 286 g/mol. The fourth-order valence-electron chi connectivity index (χ4n) is 3.30. The summed E-state index contributed by atoms with van der Waals surface area (Å²) in [5, 5.41) is 16.2. The Kier molecular flexibility index (Phi) is 5.82. The molecule has 2 amide bonds. The molecule has 0 heterocycles. The Labute approximate surface area is 120 Å². The van der Waals surface area contributed by atoms with Gasteiger partial charge in [0.15, 0.2) is 0 Å². The number of aliphatic hydroxyl groups is 1. The molecule has 0 aromatic heterocycles. The van der Waals surface area contributed by atoms with Gasteiger partial charge < -0.3 is 15.7 Å². The van der Waals surface area contributed by atoms with Crippen molar-refractivity contribution in [1.82, 2.24) is 10.6 Å². The van der Waals surface area contributed by atoms with E-state index in [2.05, 4.69) is 16.9 Å². The van der Waals surface area contributed by atoms with Crippen molar-refractivity contribution in [3.63, 3.8) is 0 Å². The van der Waals surface area contributed by atoms with Crippen LogP contribution in [0.15, 0.2) is 0 Å². The lowest BCUT2D eigenvalue weighted by atomic mass is 9.85. The van der Waals surface area contributed by atoms with Crippen LogP contribution in [0.25, 0.3) is 0 Å². The van der Waals surface area contributed by atoms with Gasteiger partial charge in [-0.2, -0.15) is 11.8 Å². The molecule has 0 spiro atoms. The topological polar surface area (TPSA) is 61.4 Å². The van der Waals surface area contributed by atoms with E-state index in [1.807, 2.05) is 11.8 Å². The summed E-state index contributed by atoms with van der Waals surface area (Å²) in [6.07, 6.45) is 9.87. The maximum atomic E-state index is 12.0. The number of aliphatic hydroxyl groups excluding tert-OH is 1. The molecule has 0 bridgehead atoms. The highest BCUT2D eigenvalue weighted by Gasteiger charge is 2.28. The summed E-state index contributed by atoms with van der Waals surface area (Å²) in [4.78, 5) is 12.0. The third-order valence-corrected chi connectivity index (χ3v) is 5.61. The van der Waals surface area contributed by atoms with Crippen LogP contribution in [-0.4, -0.2) is 41.3 Å². The summed E-state index contributed by atoms with van der Waals surface area (Å²) >= 11 is 1.90. The minimum atomic E-state index is -0.0443. The van der Waals surface area contributed by atoms with Gasteiger partial charge in [0, 0.05) is 29.9 Å². The van der Waals surface area contributed by atoms with Gasteiger partial charge in [0.05, 0.1) is 0 Å². The number of hydrogen-bond donors (Lipinski definition) is 3. The molecule has 0 saturated heterocycles. The molecule has 19 heavy (non-hydrogen) atoms. The largest absolute Gasteiger partial charge is 0.396 e. The molecular formula is C14H26N2O2S. The summed E-state index contributed by atoms with van der Waals surface area (Å²) < 4.78 is 0. The number of nitrogens with one attached hydrogen (secondary N) is 2. The van der Waals surface area contributed by atoms with E-state index in [9.17, 15) is 9.90 Å². The Balaban J connectivity index is 1.74. The molecule has 2 aliphatic carbocycles. The van der Waals surface area contributed by atoms with Crippen LogP contribution < -0.4 is 10.6 Å². The average molecular weight is 286 g/mol. The fraction of sp³-hybridized carbons (Fsp3) is 0.929. The number of rotatable bonds is 4. The maximum Gasteiger partial charge on any atom is 0.315 e. The highest BCUT2D eigenvalue weighted by atomic mass is 32.2. The summed E-state index contributed by atoms with van der Waals surface area (Å²) in [5.41, 5.74) is 0. The predicted octanol–water partition coefficient (Wildman–Crippen LogP) is 2.12. The molecule has 0 aromatic rings. The predicted molar refractivity (Wildman–Crippen MR) is 79.4 cm³/mol. The van der Waals surface area contributed by atoms with Crippen molar-refractivity contribution in [2.24, 2.45) is 5.92 Å². The number of thioether (sulfide) groups is 1. The number of carbonyl (C=O) groups excluding carboxylic acids is 1. The number of urea groups is 1. The minimum Gasteiger partial charge on any atom is -0.396 e. The van der Waals surface area contributed by atoms with Gasteiger partial charge in [-0.3, -0.25) is 0 Å². The van der Waals surface area contributed by atoms with Gasteiger partial charge in [0.1, 0.15) is 0 Å². The Bertz CT molecular complexity index is 301. The van der Waals surface area contributed by atoms with Crippen molar-refractivity contribution in [2.75, 3.05) is 12.9 Å². The SMILES string of the molecule is CSC1CCC(NC(=O)NC2CCCCC2CO)C1. The molecule has 2 fully saturated rings. The molecular weight excluding hydrogens is 260 g/mol. The molecule has 4 nitrogen and oxygen atoms in total. The first kappa shape index (κ1) is 15.0. The van der Waals surface area contributed by atoms with Gasteiger partial charge in [-0.15, -0.1) is 0 Å². The van der Waals surface area contributed by atoms with Gasteiger partial charge in [-0.1, -0.05) is 12.8 Å². The van der Waals surface area contributed by atoms with E-state index in [1.54, 1.807) is 0 Å². The van der Waals surface area contributed by atoms with E-state index in [4.69, 9.17) is 0 Å². The average Bonchev–Trinajstić information content (AvgIpc) is 2.87. The summed E-state index contributed by atoms with van der Waals surface area (Å²) in [5.74, 6) is 0.238. The quantitative estimate of drug-likeness (QED) is 0.742. The van der Waals surface area contributed by atoms with E-state index in [0.29, 0.717) is 11.3 Å². The standard InChI is InChI=1S/C14H26N2O2S/c1-19-12-7-6-11(8-12)15-14(18)16-13-5-3-2-4-10(13)9-17/h10-13,17H,2-9H2,1H3,(H2,15,16,18).